The third-order valence-corrected chi connectivity index (χ3v) is 10.1. The van der Waals surface area contributed by atoms with E-state index in [0.29, 0.717) is 5.56 Å². The Hall–Kier alpha value is -6.70. The van der Waals surface area contributed by atoms with E-state index in [9.17, 15) is 4.11 Å². The van der Waals surface area contributed by atoms with Gasteiger partial charge in [0.1, 0.15) is 11.2 Å². The maximum absolute atomic E-state index is 9.70. The van der Waals surface area contributed by atoms with Gasteiger partial charge in [0.15, 0.2) is 0 Å². The first-order valence-electron chi connectivity index (χ1n) is 21.4. The first-order valence-corrected chi connectivity index (χ1v) is 16.9. The molecular formula is C50H30O. The van der Waals surface area contributed by atoms with Gasteiger partial charge in [-0.2, -0.15) is 0 Å². The average Bonchev–Trinajstić information content (AvgIpc) is 3.68. The summed E-state index contributed by atoms with van der Waals surface area (Å²) in [6.45, 7) is 0. The van der Waals surface area contributed by atoms with Crippen LogP contribution >= 0.6 is 0 Å². The van der Waals surface area contributed by atoms with Gasteiger partial charge in [0.25, 0.3) is 0 Å². The lowest BCUT2D eigenvalue weighted by Gasteiger charge is -2.21. The first-order chi connectivity index (χ1) is 29.1. The molecule has 10 aromatic carbocycles. The molecule has 51 heavy (non-hydrogen) atoms. The van der Waals surface area contributed by atoms with Gasteiger partial charge in [0.2, 0.25) is 0 Å². The van der Waals surface area contributed by atoms with Crippen molar-refractivity contribution in [2.45, 2.75) is 0 Å². The van der Waals surface area contributed by atoms with Crippen LogP contribution in [0.15, 0.2) is 186 Å². The quantitative estimate of drug-likeness (QED) is 0.173. The molecule has 0 unspecified atom stereocenters. The fourth-order valence-corrected chi connectivity index (χ4v) is 8.01. The van der Waals surface area contributed by atoms with Crippen LogP contribution < -0.4 is 0 Å². The molecule has 0 N–H and O–H groups in total. The fraction of sp³-hybridized carbons (Fsp3) is 0. The highest BCUT2D eigenvalue weighted by molar-refractivity contribution is 6.27. The second-order valence-corrected chi connectivity index (χ2v) is 12.8. The van der Waals surface area contributed by atoms with E-state index in [1.54, 1.807) is 0 Å². The van der Waals surface area contributed by atoms with Crippen LogP contribution in [0.1, 0.15) is 12.3 Å². The largest absolute Gasteiger partial charge is 0.456 e. The number of hydrogen-bond acceptors (Lipinski definition) is 1. The minimum atomic E-state index is -0.536. The zero-order valence-electron chi connectivity index (χ0n) is 36.0. The van der Waals surface area contributed by atoms with E-state index in [1.165, 1.54) is 0 Å². The minimum absolute atomic E-state index is 0.0458. The molecule has 0 spiro atoms. The third kappa shape index (κ3) is 4.16. The molecule has 11 rings (SSSR count). The van der Waals surface area contributed by atoms with Gasteiger partial charge in [-0.25, -0.2) is 0 Å². The lowest BCUT2D eigenvalue weighted by Crippen LogP contribution is -1.94. The van der Waals surface area contributed by atoms with Crippen LogP contribution in [0, 0.1) is 0 Å². The molecule has 1 heteroatoms. The molecule has 236 valence electrons. The molecule has 0 bridgehead atoms. The van der Waals surface area contributed by atoms with Gasteiger partial charge in [-0.1, -0.05) is 164 Å². The van der Waals surface area contributed by atoms with Crippen LogP contribution in [0.5, 0.6) is 0 Å². The summed E-state index contributed by atoms with van der Waals surface area (Å²) in [5.41, 5.74) is 4.36. The van der Waals surface area contributed by atoms with Gasteiger partial charge in [0.05, 0.1) is 12.3 Å². The zero-order valence-corrected chi connectivity index (χ0v) is 27.0. The molecule has 0 saturated carbocycles. The molecule has 0 saturated heterocycles. The number of furan rings is 1. The highest BCUT2D eigenvalue weighted by Gasteiger charge is 2.23. The predicted octanol–water partition coefficient (Wildman–Crippen LogP) is 14.4. The van der Waals surface area contributed by atoms with E-state index < -0.39 is 36.3 Å². The first kappa shape index (κ1) is 20.7. The summed E-state index contributed by atoms with van der Waals surface area (Å²) in [6, 6.07) is 39.4. The molecular weight excluding hydrogens is 617 g/mol. The van der Waals surface area contributed by atoms with Crippen LogP contribution in [-0.2, 0) is 0 Å². The average molecular weight is 656 g/mol. The van der Waals surface area contributed by atoms with Crippen LogP contribution in [0.2, 0.25) is 0 Å². The number of fused-ring (bicyclic) bond motifs is 8. The standard InChI is InChI=1S/C50H30O/c1-2-16-34-30-46-44(29-33(34)15-1)50-42(25-12-26-45(50)51-46)47-36-19-6-4-14-32(36)27-28-43(47)49-40-22-9-7-20-38(40)48(39-21-8-10-23-41(39)49)37-24-11-17-31-13-3-5-18-35(31)37/h1-30H/i1D,2D,12D,15D,16D,25D,26D,29D,30D. The van der Waals surface area contributed by atoms with Gasteiger partial charge >= 0.3 is 0 Å². The van der Waals surface area contributed by atoms with Gasteiger partial charge in [-0.05, 0) is 105 Å². The minimum Gasteiger partial charge on any atom is -0.456 e. The van der Waals surface area contributed by atoms with Crippen molar-refractivity contribution in [1.82, 2.24) is 0 Å². The Morgan fingerprint density at radius 1 is 0.333 bits per heavy atom. The molecule has 0 atom stereocenters. The molecule has 0 aliphatic rings. The monoisotopic (exact) mass is 655 g/mol. The second kappa shape index (κ2) is 10.9. The van der Waals surface area contributed by atoms with Crippen molar-refractivity contribution in [3.05, 3.63) is 182 Å². The Kier molecular flexibility index (Phi) is 4.43. The van der Waals surface area contributed by atoms with Crippen molar-refractivity contribution in [2.75, 3.05) is 0 Å². The topological polar surface area (TPSA) is 13.1 Å². The SMILES string of the molecule is [2H]c1c([2H])c(-c2c(-c3c4ccccc4c(-c4cccc5ccccc45)c4ccccc34)ccc3ccccc23)c2c(oc3c([2H])c4c([2H])c([2H])c([2H])c([2H])c4c([2H])c32)c1[2H]. The highest BCUT2D eigenvalue weighted by Crippen LogP contribution is 2.50. The van der Waals surface area contributed by atoms with Crippen LogP contribution in [0.3, 0.4) is 0 Å². The molecule has 0 fully saturated rings. The number of benzene rings is 10. The Labute approximate surface area is 307 Å². The van der Waals surface area contributed by atoms with E-state index in [-0.39, 0.29) is 56.4 Å². The van der Waals surface area contributed by atoms with Gasteiger partial charge in [-0.3, -0.25) is 0 Å². The van der Waals surface area contributed by atoms with Crippen LogP contribution in [0.4, 0.5) is 0 Å². The molecule has 1 nitrogen and oxygen atoms in total. The summed E-state index contributed by atoms with van der Waals surface area (Å²) >= 11 is 0. The third-order valence-electron chi connectivity index (χ3n) is 10.1. The van der Waals surface area contributed by atoms with Crippen LogP contribution in [0.25, 0.3) is 109 Å². The van der Waals surface area contributed by atoms with Gasteiger partial charge in [0, 0.05) is 10.8 Å². The van der Waals surface area contributed by atoms with Gasteiger partial charge < -0.3 is 4.42 Å². The highest BCUT2D eigenvalue weighted by atomic mass is 16.3. The van der Waals surface area contributed by atoms with Crippen molar-refractivity contribution in [1.29, 1.82) is 0 Å². The predicted molar refractivity (Wildman–Crippen MR) is 218 cm³/mol. The maximum Gasteiger partial charge on any atom is 0.136 e. The van der Waals surface area contributed by atoms with Crippen molar-refractivity contribution in [3.8, 4) is 33.4 Å². The summed E-state index contributed by atoms with van der Waals surface area (Å²) in [5.74, 6) is 0. The normalized spacial score (nSPS) is 14.4. The summed E-state index contributed by atoms with van der Waals surface area (Å²) in [6.07, 6.45) is 0. The van der Waals surface area contributed by atoms with Crippen molar-refractivity contribution < 1.29 is 16.8 Å². The van der Waals surface area contributed by atoms with E-state index >= 15 is 0 Å². The molecule has 11 aromatic rings. The summed E-state index contributed by atoms with van der Waals surface area (Å²) in [4.78, 5) is 0. The number of hydrogen-bond donors (Lipinski definition) is 0. The molecule has 0 amide bonds. The molecule has 1 aromatic heterocycles. The number of rotatable bonds is 3. The Morgan fingerprint density at radius 3 is 1.61 bits per heavy atom. The van der Waals surface area contributed by atoms with E-state index in [2.05, 4.69) is 60.7 Å². The van der Waals surface area contributed by atoms with Crippen LogP contribution in [-0.4, -0.2) is 0 Å². The van der Waals surface area contributed by atoms with E-state index in [4.69, 9.17) is 12.6 Å². The van der Waals surface area contributed by atoms with E-state index in [0.717, 1.165) is 65.3 Å². The lowest BCUT2D eigenvalue weighted by molar-refractivity contribution is 0.669. The lowest BCUT2D eigenvalue weighted by atomic mass is 9.81. The maximum atomic E-state index is 9.70. The fourth-order valence-electron chi connectivity index (χ4n) is 8.01. The molecule has 0 aliphatic heterocycles. The Morgan fingerprint density at radius 2 is 0.902 bits per heavy atom. The zero-order chi connectivity index (χ0) is 41.3. The van der Waals surface area contributed by atoms with Crippen molar-refractivity contribution in [3.63, 3.8) is 0 Å². The Balaban J connectivity index is 1.36. The molecule has 0 radical (unpaired) electrons. The Bertz CT molecular complexity index is 3660. The summed E-state index contributed by atoms with van der Waals surface area (Å²) < 4.78 is 87.4. The van der Waals surface area contributed by atoms with E-state index in [1.807, 2.05) is 66.7 Å². The van der Waals surface area contributed by atoms with Gasteiger partial charge in [-0.15, -0.1) is 0 Å². The summed E-state index contributed by atoms with van der Waals surface area (Å²) in [5, 5.41) is 7.69. The smallest absolute Gasteiger partial charge is 0.136 e. The van der Waals surface area contributed by atoms with Crippen molar-refractivity contribution >= 4 is 75.8 Å². The molecule has 0 aliphatic carbocycles. The summed E-state index contributed by atoms with van der Waals surface area (Å²) in [7, 11) is 0. The molecule has 1 heterocycles. The second-order valence-electron chi connectivity index (χ2n) is 12.8. The van der Waals surface area contributed by atoms with Crippen molar-refractivity contribution in [2.24, 2.45) is 0 Å².